The van der Waals surface area contributed by atoms with Gasteiger partial charge in [-0.1, -0.05) is 29.3 Å². The molecule has 0 amide bonds. The number of esters is 1. The number of carbonyl (C=O) groups excluding carboxylic acids is 1. The zero-order valence-electron chi connectivity index (χ0n) is 16.1. The predicted molar refractivity (Wildman–Crippen MR) is 115 cm³/mol. The minimum atomic E-state index is -0.346. The molecule has 0 aliphatic heterocycles. The number of rotatable bonds is 4. The van der Waals surface area contributed by atoms with E-state index in [-0.39, 0.29) is 5.97 Å². The lowest BCUT2D eigenvalue weighted by Gasteiger charge is -2.13. The number of nitrogens with zero attached hydrogens (tertiary/aromatic N) is 2. The first-order valence-corrected chi connectivity index (χ1v) is 9.45. The van der Waals surface area contributed by atoms with Gasteiger partial charge in [-0.15, -0.1) is 0 Å². The molecule has 1 aromatic heterocycles. The van der Waals surface area contributed by atoms with Gasteiger partial charge in [0.15, 0.2) is 0 Å². The number of methoxy groups -OCH3 is 1. The van der Waals surface area contributed by atoms with Crippen molar-refractivity contribution >= 4 is 41.1 Å². The van der Waals surface area contributed by atoms with E-state index >= 15 is 0 Å². The van der Waals surface area contributed by atoms with Crippen molar-refractivity contribution in [3.63, 3.8) is 0 Å². The van der Waals surface area contributed by atoms with E-state index in [2.05, 4.69) is 15.6 Å². The number of carbonyl (C=O) groups is 1. The Kier molecular flexibility index (Phi) is 5.92. The largest absolute Gasteiger partial charge is 0.465 e. The maximum atomic E-state index is 11.8. The van der Waals surface area contributed by atoms with E-state index < -0.39 is 0 Å². The van der Waals surface area contributed by atoms with Crippen LogP contribution < -0.4 is 0 Å². The van der Waals surface area contributed by atoms with Crippen molar-refractivity contribution in [1.29, 1.82) is 0 Å². The summed E-state index contributed by atoms with van der Waals surface area (Å²) in [7, 11) is 1.38. The summed E-state index contributed by atoms with van der Waals surface area (Å²) in [5.41, 5.74) is 6.21. The van der Waals surface area contributed by atoms with Gasteiger partial charge in [-0.3, -0.25) is 4.99 Å². The highest BCUT2D eigenvalue weighted by Gasteiger charge is 2.14. The van der Waals surface area contributed by atoms with Gasteiger partial charge in [-0.2, -0.15) is 0 Å². The van der Waals surface area contributed by atoms with Gasteiger partial charge in [0.1, 0.15) is 0 Å². The Labute approximate surface area is 174 Å². The fraction of sp³-hybridized carbons (Fsp3) is 0.182. The monoisotopic (exact) mass is 414 g/mol. The molecule has 28 heavy (non-hydrogen) atoms. The van der Waals surface area contributed by atoms with E-state index in [0.717, 1.165) is 28.2 Å². The summed E-state index contributed by atoms with van der Waals surface area (Å²) in [5, 5.41) is 0.909. The first kappa shape index (κ1) is 20.2. The van der Waals surface area contributed by atoms with Crippen LogP contribution in [0.4, 0.5) is 5.69 Å². The molecule has 0 radical (unpaired) electrons. The number of aromatic nitrogens is 1. The van der Waals surface area contributed by atoms with Gasteiger partial charge in [0.25, 0.3) is 0 Å². The molecule has 0 unspecified atom stereocenters. The Hall–Kier alpha value is -2.56. The topological polar surface area (TPSA) is 43.6 Å². The molecule has 0 N–H and O–H groups in total. The summed E-state index contributed by atoms with van der Waals surface area (Å²) in [6.45, 7) is 6.03. The zero-order chi connectivity index (χ0) is 20.4. The smallest absolute Gasteiger partial charge is 0.337 e. The van der Waals surface area contributed by atoms with E-state index in [1.165, 1.54) is 7.11 Å². The van der Waals surface area contributed by atoms with Gasteiger partial charge in [0.2, 0.25) is 0 Å². The van der Waals surface area contributed by atoms with Crippen LogP contribution in [0.3, 0.4) is 0 Å². The van der Waals surface area contributed by atoms with E-state index in [1.807, 2.05) is 45.0 Å². The second-order valence-corrected chi connectivity index (χ2v) is 7.27. The normalized spacial score (nSPS) is 11.2. The molecule has 0 spiro atoms. The Morgan fingerprint density at radius 3 is 2.54 bits per heavy atom. The molecule has 4 nitrogen and oxygen atoms in total. The molecule has 0 aliphatic carbocycles. The molecule has 0 saturated heterocycles. The Morgan fingerprint density at radius 1 is 1.11 bits per heavy atom. The van der Waals surface area contributed by atoms with Gasteiger partial charge < -0.3 is 9.30 Å². The first-order chi connectivity index (χ1) is 13.3. The third-order valence-electron chi connectivity index (χ3n) is 4.60. The average Bonchev–Trinajstić information content (AvgIpc) is 2.96. The Bertz CT molecular complexity index is 1080. The fourth-order valence-electron chi connectivity index (χ4n) is 3.17. The maximum absolute atomic E-state index is 11.8. The summed E-state index contributed by atoms with van der Waals surface area (Å²) in [4.78, 5) is 16.3. The fourth-order valence-corrected chi connectivity index (χ4v) is 3.52. The van der Waals surface area contributed by atoms with E-state index in [1.54, 1.807) is 18.3 Å². The minimum Gasteiger partial charge on any atom is -0.465 e. The molecule has 0 atom stereocenters. The lowest BCUT2D eigenvalue weighted by molar-refractivity contribution is 0.0600. The van der Waals surface area contributed by atoms with Crippen LogP contribution >= 0.6 is 23.2 Å². The Morgan fingerprint density at radius 2 is 1.86 bits per heavy atom. The lowest BCUT2D eigenvalue weighted by atomic mass is 10.1. The third-order valence-corrected chi connectivity index (χ3v) is 5.41. The minimum absolute atomic E-state index is 0.346. The molecule has 6 heteroatoms. The molecule has 0 bridgehead atoms. The van der Waals surface area contributed by atoms with Gasteiger partial charge >= 0.3 is 5.97 Å². The van der Waals surface area contributed by atoms with E-state index in [4.69, 9.17) is 27.9 Å². The lowest BCUT2D eigenvalue weighted by Crippen LogP contribution is -2.06. The van der Waals surface area contributed by atoms with Gasteiger partial charge in [-0.05, 0) is 62.7 Å². The van der Waals surface area contributed by atoms with Gasteiger partial charge in [-0.25, -0.2) is 4.79 Å². The summed E-state index contributed by atoms with van der Waals surface area (Å²) in [6.07, 6.45) is 1.79. The molecule has 0 fully saturated rings. The number of hydrogen-bond donors (Lipinski definition) is 0. The summed E-state index contributed by atoms with van der Waals surface area (Å²) < 4.78 is 6.93. The number of aryl methyl sites for hydroxylation is 2. The van der Waals surface area contributed by atoms with Crippen LogP contribution in [0, 0.1) is 20.8 Å². The maximum Gasteiger partial charge on any atom is 0.337 e. The second kappa shape index (κ2) is 8.21. The molecule has 1 heterocycles. The van der Waals surface area contributed by atoms with Crippen LogP contribution in [0.25, 0.3) is 5.69 Å². The number of aliphatic imine (C=N–C) groups is 1. The number of ether oxygens (including phenoxy) is 1. The number of benzene rings is 2. The standard InChI is InChI=1S/C22H20Cl2N2O2/c1-13-10-16(22(27)28-4)8-9-20(13)26-14(2)11-17(15(26)3)12-25-19-7-5-6-18(23)21(19)24/h5-12H,1-4H3. The predicted octanol–water partition coefficient (Wildman–Crippen LogP) is 6.25. The molecule has 2 aromatic carbocycles. The molecule has 0 saturated carbocycles. The van der Waals surface area contributed by atoms with Crippen molar-refractivity contribution in [2.45, 2.75) is 20.8 Å². The summed E-state index contributed by atoms with van der Waals surface area (Å²) in [5.74, 6) is -0.346. The van der Waals surface area contributed by atoms with Crippen LogP contribution in [0.5, 0.6) is 0 Å². The average molecular weight is 415 g/mol. The first-order valence-electron chi connectivity index (χ1n) is 8.70. The van der Waals surface area contributed by atoms with E-state index in [9.17, 15) is 4.79 Å². The van der Waals surface area contributed by atoms with Gasteiger partial charge in [0.05, 0.1) is 28.4 Å². The van der Waals surface area contributed by atoms with Crippen molar-refractivity contribution in [3.8, 4) is 5.69 Å². The van der Waals surface area contributed by atoms with Crippen LogP contribution in [0.15, 0.2) is 47.5 Å². The third kappa shape index (κ3) is 3.84. The summed E-state index contributed by atoms with van der Waals surface area (Å²) in [6, 6.07) is 13.0. The zero-order valence-corrected chi connectivity index (χ0v) is 17.6. The number of hydrogen-bond acceptors (Lipinski definition) is 3. The molecule has 144 valence electrons. The summed E-state index contributed by atoms with van der Waals surface area (Å²) >= 11 is 12.3. The second-order valence-electron chi connectivity index (χ2n) is 6.49. The van der Waals surface area contributed by atoms with Crippen LogP contribution in [0.2, 0.25) is 10.0 Å². The highest BCUT2D eigenvalue weighted by atomic mass is 35.5. The van der Waals surface area contributed by atoms with Crippen molar-refractivity contribution in [2.75, 3.05) is 7.11 Å². The Balaban J connectivity index is 2.00. The van der Waals surface area contributed by atoms with Crippen molar-refractivity contribution in [1.82, 2.24) is 4.57 Å². The highest BCUT2D eigenvalue weighted by molar-refractivity contribution is 6.43. The van der Waals surface area contributed by atoms with E-state index in [0.29, 0.717) is 21.3 Å². The molecule has 3 aromatic rings. The molecule has 0 aliphatic rings. The van der Waals surface area contributed by atoms with Crippen LogP contribution in [-0.2, 0) is 4.74 Å². The quantitative estimate of drug-likeness (QED) is 0.374. The molecular formula is C22H20Cl2N2O2. The molecular weight excluding hydrogens is 395 g/mol. The van der Waals surface area contributed by atoms with Crippen LogP contribution in [0.1, 0.15) is 32.9 Å². The highest BCUT2D eigenvalue weighted by Crippen LogP contribution is 2.32. The van der Waals surface area contributed by atoms with Crippen LogP contribution in [-0.4, -0.2) is 23.9 Å². The van der Waals surface area contributed by atoms with Crippen molar-refractivity contribution < 1.29 is 9.53 Å². The van der Waals surface area contributed by atoms with Crippen molar-refractivity contribution in [3.05, 3.63) is 80.6 Å². The number of halogens is 2. The molecule has 3 rings (SSSR count). The van der Waals surface area contributed by atoms with Gasteiger partial charge in [0, 0.05) is 28.9 Å². The SMILES string of the molecule is COC(=O)c1ccc(-n2c(C)cc(C=Nc3cccc(Cl)c3Cl)c2C)c(C)c1. The van der Waals surface area contributed by atoms with Crippen molar-refractivity contribution in [2.24, 2.45) is 4.99 Å².